The van der Waals surface area contributed by atoms with Crippen LogP contribution in [0.2, 0.25) is 0 Å². The normalized spacial score (nSPS) is 11.4. The summed E-state index contributed by atoms with van der Waals surface area (Å²) in [6.07, 6.45) is -3.72. The van der Waals surface area contributed by atoms with Crippen LogP contribution in [0.4, 0.5) is 18.9 Å². The fraction of sp³-hybridized carbons (Fsp3) is 0.0625. The second-order valence-corrected chi connectivity index (χ2v) is 5.66. The molecule has 0 saturated carbocycles. The van der Waals surface area contributed by atoms with Crippen molar-refractivity contribution in [1.29, 1.82) is 0 Å². The number of nitrogens with zero attached hydrogens (tertiary/aromatic N) is 1. The van der Waals surface area contributed by atoms with Crippen LogP contribution in [0, 0.1) is 0 Å². The molecule has 0 saturated heterocycles. The fourth-order valence-electron chi connectivity index (χ4n) is 1.80. The van der Waals surface area contributed by atoms with Crippen LogP contribution in [0.5, 0.6) is 0 Å². The van der Waals surface area contributed by atoms with Gasteiger partial charge in [-0.05, 0) is 30.3 Å². The Kier molecular flexibility index (Phi) is 5.92. The number of halogens is 4. The molecular weight excluding hydrogens is 403 g/mol. The van der Waals surface area contributed by atoms with Crippen LogP contribution in [0.1, 0.15) is 11.1 Å². The lowest BCUT2D eigenvalue weighted by molar-refractivity contribution is -0.137. The molecule has 0 radical (unpaired) electrons. The first-order chi connectivity index (χ1) is 11.8. The van der Waals surface area contributed by atoms with E-state index in [-0.39, 0.29) is 5.56 Å². The Morgan fingerprint density at radius 1 is 1.00 bits per heavy atom. The molecule has 0 heterocycles. The first kappa shape index (κ1) is 18.7. The minimum Gasteiger partial charge on any atom is -0.318 e. The van der Waals surface area contributed by atoms with E-state index in [9.17, 15) is 22.8 Å². The van der Waals surface area contributed by atoms with Gasteiger partial charge in [-0.3, -0.25) is 9.59 Å². The molecule has 0 unspecified atom stereocenters. The van der Waals surface area contributed by atoms with Gasteiger partial charge in [0.05, 0.1) is 11.8 Å². The summed E-state index contributed by atoms with van der Waals surface area (Å²) in [7, 11) is 0. The van der Waals surface area contributed by atoms with Gasteiger partial charge in [0.15, 0.2) is 0 Å². The topological polar surface area (TPSA) is 70.6 Å². The molecule has 0 atom stereocenters. The van der Waals surface area contributed by atoms with E-state index in [0.717, 1.165) is 16.8 Å². The summed E-state index contributed by atoms with van der Waals surface area (Å²) in [5.74, 6) is -2.10. The highest BCUT2D eigenvalue weighted by molar-refractivity contribution is 9.10. The molecule has 130 valence electrons. The van der Waals surface area contributed by atoms with Gasteiger partial charge in [0.1, 0.15) is 0 Å². The van der Waals surface area contributed by atoms with E-state index in [1.54, 1.807) is 24.3 Å². The highest BCUT2D eigenvalue weighted by atomic mass is 79.9. The third-order valence-corrected chi connectivity index (χ3v) is 3.47. The Hall–Kier alpha value is -2.68. The van der Waals surface area contributed by atoms with Crippen molar-refractivity contribution in [3.63, 3.8) is 0 Å². The van der Waals surface area contributed by atoms with Crippen molar-refractivity contribution in [2.24, 2.45) is 5.10 Å². The quantitative estimate of drug-likeness (QED) is 0.458. The minimum atomic E-state index is -4.55. The van der Waals surface area contributed by atoms with Crippen LogP contribution in [0.25, 0.3) is 0 Å². The van der Waals surface area contributed by atoms with Crippen molar-refractivity contribution < 1.29 is 22.8 Å². The van der Waals surface area contributed by atoms with Crippen molar-refractivity contribution in [2.45, 2.75) is 6.18 Å². The van der Waals surface area contributed by atoms with Crippen molar-refractivity contribution >= 4 is 39.6 Å². The first-order valence-electron chi connectivity index (χ1n) is 6.83. The van der Waals surface area contributed by atoms with Gasteiger partial charge in [0.2, 0.25) is 0 Å². The Balaban J connectivity index is 1.99. The van der Waals surface area contributed by atoms with Crippen LogP contribution < -0.4 is 10.7 Å². The lowest BCUT2D eigenvalue weighted by Crippen LogP contribution is -2.32. The third-order valence-electron chi connectivity index (χ3n) is 2.94. The molecule has 2 N–H and O–H groups in total. The predicted octanol–water partition coefficient (Wildman–Crippen LogP) is 3.56. The van der Waals surface area contributed by atoms with E-state index in [4.69, 9.17) is 0 Å². The number of carbonyl (C=O) groups is 2. The number of benzene rings is 2. The van der Waals surface area contributed by atoms with Gasteiger partial charge in [-0.2, -0.15) is 18.3 Å². The van der Waals surface area contributed by atoms with Gasteiger partial charge < -0.3 is 5.32 Å². The van der Waals surface area contributed by atoms with E-state index in [2.05, 4.69) is 26.3 Å². The van der Waals surface area contributed by atoms with Crippen LogP contribution in [-0.4, -0.2) is 18.0 Å². The molecule has 0 aliphatic heterocycles. The number of nitrogens with one attached hydrogen (secondary N) is 2. The molecule has 9 heteroatoms. The van der Waals surface area contributed by atoms with Gasteiger partial charge in [0.25, 0.3) is 0 Å². The van der Waals surface area contributed by atoms with Crippen LogP contribution in [0.15, 0.2) is 58.1 Å². The molecule has 0 bridgehead atoms. The average Bonchev–Trinajstić information content (AvgIpc) is 2.56. The Morgan fingerprint density at radius 2 is 1.64 bits per heavy atom. The minimum absolute atomic E-state index is 0.233. The standard InChI is InChI=1S/C16H11BrF3N3O2/c17-11-5-7-12(8-6-11)22-14(24)15(25)23-21-9-10-3-1-2-4-13(10)16(18,19)20/h1-9H,(H,22,24)(H,23,25)/b21-9-. The zero-order valence-electron chi connectivity index (χ0n) is 12.5. The molecule has 0 aliphatic rings. The number of hydrazone groups is 1. The van der Waals surface area contributed by atoms with Crippen molar-refractivity contribution in [3.8, 4) is 0 Å². The number of rotatable bonds is 3. The van der Waals surface area contributed by atoms with Crippen molar-refractivity contribution in [1.82, 2.24) is 5.43 Å². The Labute approximate surface area is 149 Å². The Morgan fingerprint density at radius 3 is 2.28 bits per heavy atom. The smallest absolute Gasteiger partial charge is 0.318 e. The number of carbonyl (C=O) groups excluding carboxylic acids is 2. The summed E-state index contributed by atoms with van der Waals surface area (Å²) in [4.78, 5) is 23.3. The summed E-state index contributed by atoms with van der Waals surface area (Å²) < 4.78 is 39.2. The van der Waals surface area contributed by atoms with E-state index in [0.29, 0.717) is 5.69 Å². The van der Waals surface area contributed by atoms with Gasteiger partial charge in [-0.25, -0.2) is 5.43 Å². The lowest BCUT2D eigenvalue weighted by atomic mass is 10.1. The van der Waals surface area contributed by atoms with Crippen molar-refractivity contribution in [3.05, 3.63) is 64.1 Å². The highest BCUT2D eigenvalue weighted by Gasteiger charge is 2.32. The SMILES string of the molecule is O=C(N/N=C\c1ccccc1C(F)(F)F)C(=O)Nc1ccc(Br)cc1. The molecular formula is C16H11BrF3N3O2. The van der Waals surface area contributed by atoms with Gasteiger partial charge in [-0.15, -0.1) is 0 Å². The second-order valence-electron chi connectivity index (χ2n) is 4.75. The molecule has 2 rings (SSSR count). The van der Waals surface area contributed by atoms with Crippen LogP contribution in [-0.2, 0) is 15.8 Å². The van der Waals surface area contributed by atoms with E-state index in [1.807, 2.05) is 5.43 Å². The fourth-order valence-corrected chi connectivity index (χ4v) is 2.06. The number of alkyl halides is 3. The predicted molar refractivity (Wildman–Crippen MR) is 90.0 cm³/mol. The molecule has 2 aromatic rings. The number of amides is 2. The van der Waals surface area contributed by atoms with Crippen LogP contribution >= 0.6 is 15.9 Å². The molecule has 0 spiro atoms. The zero-order valence-corrected chi connectivity index (χ0v) is 14.1. The number of anilines is 1. The number of hydrogen-bond acceptors (Lipinski definition) is 3. The number of hydrogen-bond donors (Lipinski definition) is 2. The molecule has 0 fully saturated rings. The monoisotopic (exact) mass is 413 g/mol. The summed E-state index contributed by atoms with van der Waals surface area (Å²) >= 11 is 3.23. The molecule has 25 heavy (non-hydrogen) atoms. The van der Waals surface area contributed by atoms with E-state index < -0.39 is 23.6 Å². The summed E-state index contributed by atoms with van der Waals surface area (Å²) in [5, 5.41) is 5.73. The van der Waals surface area contributed by atoms with Crippen LogP contribution in [0.3, 0.4) is 0 Å². The maximum atomic E-state index is 12.8. The van der Waals surface area contributed by atoms with Gasteiger partial charge >= 0.3 is 18.0 Å². The van der Waals surface area contributed by atoms with E-state index in [1.165, 1.54) is 18.2 Å². The van der Waals surface area contributed by atoms with Crippen molar-refractivity contribution in [2.75, 3.05) is 5.32 Å². The first-order valence-corrected chi connectivity index (χ1v) is 7.63. The zero-order chi connectivity index (χ0) is 18.4. The molecule has 5 nitrogen and oxygen atoms in total. The lowest BCUT2D eigenvalue weighted by Gasteiger charge is -2.09. The summed E-state index contributed by atoms with van der Waals surface area (Å²) in [5.41, 5.74) is 1.14. The molecule has 2 amide bonds. The average molecular weight is 414 g/mol. The van der Waals surface area contributed by atoms with Gasteiger partial charge in [0, 0.05) is 15.7 Å². The third kappa shape index (κ3) is 5.42. The summed E-state index contributed by atoms with van der Waals surface area (Å²) in [6, 6.07) is 11.2. The maximum Gasteiger partial charge on any atom is 0.417 e. The second kappa shape index (κ2) is 7.93. The molecule has 2 aromatic carbocycles. The highest BCUT2D eigenvalue weighted by Crippen LogP contribution is 2.31. The summed E-state index contributed by atoms with van der Waals surface area (Å²) in [6.45, 7) is 0. The van der Waals surface area contributed by atoms with E-state index >= 15 is 0 Å². The van der Waals surface area contributed by atoms with Gasteiger partial charge in [-0.1, -0.05) is 34.1 Å². The maximum absolute atomic E-state index is 12.8. The Bertz CT molecular complexity index is 805. The largest absolute Gasteiger partial charge is 0.417 e. The molecule has 0 aliphatic carbocycles. The molecule has 0 aromatic heterocycles.